The van der Waals surface area contributed by atoms with E-state index < -0.39 is 0 Å². The van der Waals surface area contributed by atoms with Crippen LogP contribution in [0.25, 0.3) is 22.6 Å². The Balaban J connectivity index is 2.20. The summed E-state index contributed by atoms with van der Waals surface area (Å²) in [7, 11) is 3.25. The number of nitrogens with zero attached hydrogens (tertiary/aromatic N) is 1. The first-order valence-electron chi connectivity index (χ1n) is 6.43. The number of oxazole rings is 1. The van der Waals surface area contributed by atoms with Crippen LogP contribution in [0, 0.1) is 0 Å². The monoisotopic (exact) mass is 347 g/mol. The molecule has 0 saturated carbocycles. The molecule has 0 aliphatic rings. The van der Waals surface area contributed by atoms with Crippen molar-refractivity contribution in [1.29, 1.82) is 0 Å². The third kappa shape index (κ3) is 2.49. The Bertz CT molecular complexity index is 782. The molecule has 0 atom stereocenters. The molecule has 0 bridgehead atoms. The van der Waals surface area contributed by atoms with E-state index in [1.54, 1.807) is 14.2 Å². The number of fused-ring (bicyclic) bond motifs is 1. The third-order valence-electron chi connectivity index (χ3n) is 3.28. The van der Waals surface area contributed by atoms with Gasteiger partial charge in [0.1, 0.15) is 17.0 Å². The van der Waals surface area contributed by atoms with Gasteiger partial charge >= 0.3 is 0 Å². The van der Waals surface area contributed by atoms with Crippen LogP contribution in [-0.2, 0) is 5.33 Å². The number of benzene rings is 2. The fourth-order valence-corrected chi connectivity index (χ4v) is 2.66. The van der Waals surface area contributed by atoms with Crippen LogP contribution in [0.3, 0.4) is 0 Å². The fourth-order valence-electron chi connectivity index (χ4n) is 2.21. The van der Waals surface area contributed by atoms with Crippen molar-refractivity contribution < 1.29 is 13.9 Å². The Kier molecular flexibility index (Phi) is 3.84. The standard InChI is InChI=1S/C16H14BrNO3/c1-19-11-6-7-13(20-2)12(8-11)16-18-15-10(9-17)4-3-5-14(15)21-16/h3-8H,9H2,1-2H3. The quantitative estimate of drug-likeness (QED) is 0.656. The number of alkyl halides is 1. The van der Waals surface area contributed by atoms with Gasteiger partial charge in [-0.2, -0.15) is 0 Å². The van der Waals surface area contributed by atoms with Crippen LogP contribution in [0.2, 0.25) is 0 Å². The number of hydrogen-bond acceptors (Lipinski definition) is 4. The number of methoxy groups -OCH3 is 2. The Hall–Kier alpha value is -2.01. The Morgan fingerprint density at radius 3 is 2.71 bits per heavy atom. The molecule has 0 unspecified atom stereocenters. The van der Waals surface area contributed by atoms with Crippen molar-refractivity contribution in [3.63, 3.8) is 0 Å². The van der Waals surface area contributed by atoms with E-state index in [1.165, 1.54) is 0 Å². The molecule has 0 N–H and O–H groups in total. The highest BCUT2D eigenvalue weighted by atomic mass is 79.9. The first-order valence-corrected chi connectivity index (χ1v) is 7.55. The lowest BCUT2D eigenvalue weighted by molar-refractivity contribution is 0.403. The second-order valence-electron chi connectivity index (χ2n) is 4.48. The van der Waals surface area contributed by atoms with E-state index in [1.807, 2.05) is 36.4 Å². The zero-order valence-corrected chi connectivity index (χ0v) is 13.3. The first kappa shape index (κ1) is 13.9. The normalized spacial score (nSPS) is 10.8. The van der Waals surface area contributed by atoms with Gasteiger partial charge in [0.05, 0.1) is 19.8 Å². The average Bonchev–Trinajstić information content (AvgIpc) is 2.98. The van der Waals surface area contributed by atoms with Crippen molar-refractivity contribution in [2.24, 2.45) is 0 Å². The van der Waals surface area contributed by atoms with Crippen LogP contribution in [0.5, 0.6) is 11.5 Å². The van der Waals surface area contributed by atoms with Crippen LogP contribution in [0.1, 0.15) is 5.56 Å². The molecule has 0 spiro atoms. The highest BCUT2D eigenvalue weighted by molar-refractivity contribution is 9.08. The molecule has 21 heavy (non-hydrogen) atoms. The van der Waals surface area contributed by atoms with Gasteiger partial charge < -0.3 is 13.9 Å². The predicted octanol–water partition coefficient (Wildman–Crippen LogP) is 4.41. The van der Waals surface area contributed by atoms with Gasteiger partial charge in [0.2, 0.25) is 5.89 Å². The first-order chi connectivity index (χ1) is 10.3. The molecule has 0 aliphatic carbocycles. The maximum atomic E-state index is 5.87. The molecule has 0 aliphatic heterocycles. The van der Waals surface area contributed by atoms with E-state index in [9.17, 15) is 0 Å². The molecule has 1 aromatic heterocycles. The minimum absolute atomic E-state index is 0.522. The average molecular weight is 348 g/mol. The molecule has 2 aromatic carbocycles. The molecule has 0 fully saturated rings. The summed E-state index contributed by atoms with van der Waals surface area (Å²) in [5.41, 5.74) is 3.47. The summed E-state index contributed by atoms with van der Waals surface area (Å²) in [6.07, 6.45) is 0. The molecule has 1 heterocycles. The fraction of sp³-hybridized carbons (Fsp3) is 0.188. The lowest BCUT2D eigenvalue weighted by Gasteiger charge is -2.07. The van der Waals surface area contributed by atoms with Crippen LogP contribution in [0.15, 0.2) is 40.8 Å². The summed E-state index contributed by atoms with van der Waals surface area (Å²) in [6, 6.07) is 11.4. The molecular weight excluding hydrogens is 334 g/mol. The summed E-state index contributed by atoms with van der Waals surface area (Å²) in [4.78, 5) is 4.61. The van der Waals surface area contributed by atoms with E-state index in [2.05, 4.69) is 20.9 Å². The van der Waals surface area contributed by atoms with E-state index in [0.717, 1.165) is 33.3 Å². The number of ether oxygens (including phenoxy) is 2. The van der Waals surface area contributed by atoms with Gasteiger partial charge in [-0.25, -0.2) is 4.98 Å². The number of para-hydroxylation sites is 1. The second kappa shape index (κ2) is 5.77. The lowest BCUT2D eigenvalue weighted by atomic mass is 10.2. The molecule has 108 valence electrons. The van der Waals surface area contributed by atoms with Gasteiger partial charge in [-0.1, -0.05) is 28.1 Å². The largest absolute Gasteiger partial charge is 0.497 e. The summed E-state index contributed by atoms with van der Waals surface area (Å²) < 4.78 is 16.5. The smallest absolute Gasteiger partial charge is 0.231 e. The van der Waals surface area contributed by atoms with E-state index in [4.69, 9.17) is 13.9 Å². The SMILES string of the molecule is COc1ccc(OC)c(-c2nc3c(CBr)cccc3o2)c1. The van der Waals surface area contributed by atoms with Crippen molar-refractivity contribution in [3.05, 3.63) is 42.0 Å². The van der Waals surface area contributed by atoms with E-state index in [0.29, 0.717) is 11.6 Å². The number of rotatable bonds is 4. The van der Waals surface area contributed by atoms with Gasteiger partial charge in [0.15, 0.2) is 5.58 Å². The maximum absolute atomic E-state index is 5.87. The van der Waals surface area contributed by atoms with Crippen molar-refractivity contribution >= 4 is 27.0 Å². The Morgan fingerprint density at radius 1 is 1.14 bits per heavy atom. The van der Waals surface area contributed by atoms with Crippen molar-refractivity contribution in [2.75, 3.05) is 14.2 Å². The van der Waals surface area contributed by atoms with Gasteiger partial charge in [-0.15, -0.1) is 0 Å². The summed E-state index contributed by atoms with van der Waals surface area (Å²) >= 11 is 3.47. The minimum atomic E-state index is 0.522. The third-order valence-corrected chi connectivity index (χ3v) is 3.89. The molecule has 0 saturated heterocycles. The summed E-state index contributed by atoms with van der Waals surface area (Å²) in [5, 5.41) is 0.728. The van der Waals surface area contributed by atoms with Crippen molar-refractivity contribution in [2.45, 2.75) is 5.33 Å². The lowest BCUT2D eigenvalue weighted by Crippen LogP contribution is -1.90. The van der Waals surface area contributed by atoms with Crippen LogP contribution >= 0.6 is 15.9 Å². The zero-order chi connectivity index (χ0) is 14.8. The number of hydrogen-bond donors (Lipinski definition) is 0. The molecule has 0 amide bonds. The second-order valence-corrected chi connectivity index (χ2v) is 5.04. The van der Waals surface area contributed by atoms with Crippen molar-refractivity contribution in [1.82, 2.24) is 4.98 Å². The summed E-state index contributed by atoms with van der Waals surface area (Å²) in [5.74, 6) is 1.95. The zero-order valence-electron chi connectivity index (χ0n) is 11.7. The molecule has 3 aromatic rings. The van der Waals surface area contributed by atoms with Gasteiger partial charge in [0, 0.05) is 5.33 Å². The van der Waals surface area contributed by atoms with Crippen molar-refractivity contribution in [3.8, 4) is 23.0 Å². The van der Waals surface area contributed by atoms with Crippen LogP contribution in [-0.4, -0.2) is 19.2 Å². The topological polar surface area (TPSA) is 44.5 Å². The van der Waals surface area contributed by atoms with Crippen LogP contribution in [0.4, 0.5) is 0 Å². The predicted molar refractivity (Wildman–Crippen MR) is 85.2 cm³/mol. The highest BCUT2D eigenvalue weighted by Crippen LogP contribution is 2.35. The molecular formula is C16H14BrNO3. The summed E-state index contributed by atoms with van der Waals surface area (Å²) in [6.45, 7) is 0. The highest BCUT2D eigenvalue weighted by Gasteiger charge is 2.15. The van der Waals surface area contributed by atoms with Gasteiger partial charge in [0.25, 0.3) is 0 Å². The van der Waals surface area contributed by atoms with Gasteiger partial charge in [-0.3, -0.25) is 0 Å². The molecule has 4 nitrogen and oxygen atoms in total. The maximum Gasteiger partial charge on any atom is 0.231 e. The van der Waals surface area contributed by atoms with E-state index >= 15 is 0 Å². The van der Waals surface area contributed by atoms with E-state index in [-0.39, 0.29) is 0 Å². The minimum Gasteiger partial charge on any atom is -0.497 e. The van der Waals surface area contributed by atoms with Crippen LogP contribution < -0.4 is 9.47 Å². The molecule has 3 rings (SSSR count). The number of halogens is 1. The Labute approximate surface area is 130 Å². The Morgan fingerprint density at radius 2 is 2.00 bits per heavy atom. The van der Waals surface area contributed by atoms with Gasteiger partial charge in [-0.05, 0) is 29.8 Å². The molecule has 5 heteroatoms. The number of aromatic nitrogens is 1. The molecule has 0 radical (unpaired) electrons.